The van der Waals surface area contributed by atoms with Gasteiger partial charge in [-0.05, 0) is 25.1 Å². The number of benzene rings is 2. The standard InChI is InChI=1S/C16H14O6/c1-16(8-2-3-11(18)13(20)4-8)15(21)7-10-12(19)5-9(17)6-14(10)22-16/h2-7,17-21H,1H3. The molecular weight excluding hydrogens is 288 g/mol. The van der Waals surface area contributed by atoms with Crippen LogP contribution in [0.2, 0.25) is 0 Å². The van der Waals surface area contributed by atoms with Crippen LogP contribution in [-0.4, -0.2) is 25.5 Å². The van der Waals surface area contributed by atoms with E-state index in [-0.39, 0.29) is 40.1 Å². The summed E-state index contributed by atoms with van der Waals surface area (Å²) in [5.74, 6) is -1.04. The Morgan fingerprint density at radius 3 is 2.27 bits per heavy atom. The average Bonchev–Trinajstić information content (AvgIpc) is 2.44. The quantitative estimate of drug-likeness (QED) is 0.518. The van der Waals surface area contributed by atoms with Crippen molar-refractivity contribution in [1.29, 1.82) is 0 Å². The van der Waals surface area contributed by atoms with Crippen LogP contribution in [0.5, 0.6) is 28.7 Å². The van der Waals surface area contributed by atoms with E-state index in [1.807, 2.05) is 0 Å². The molecule has 0 spiro atoms. The fourth-order valence-electron chi connectivity index (χ4n) is 2.40. The number of aliphatic hydroxyl groups is 1. The first-order valence-corrected chi connectivity index (χ1v) is 6.50. The molecule has 6 heteroatoms. The number of fused-ring (bicyclic) bond motifs is 1. The van der Waals surface area contributed by atoms with Crippen LogP contribution >= 0.6 is 0 Å². The lowest BCUT2D eigenvalue weighted by molar-refractivity contribution is 0.0729. The van der Waals surface area contributed by atoms with Crippen molar-refractivity contribution in [1.82, 2.24) is 0 Å². The first-order chi connectivity index (χ1) is 10.3. The summed E-state index contributed by atoms with van der Waals surface area (Å²) in [6.07, 6.45) is 1.33. The van der Waals surface area contributed by atoms with Crippen molar-refractivity contribution in [3.8, 4) is 28.7 Å². The Hall–Kier alpha value is -3.02. The molecule has 22 heavy (non-hydrogen) atoms. The Labute approximate surface area is 125 Å². The molecule has 1 aliphatic heterocycles. The second-order valence-electron chi connectivity index (χ2n) is 5.25. The van der Waals surface area contributed by atoms with Crippen LogP contribution < -0.4 is 4.74 Å². The smallest absolute Gasteiger partial charge is 0.188 e. The van der Waals surface area contributed by atoms with Gasteiger partial charge in [0.15, 0.2) is 17.1 Å². The maximum Gasteiger partial charge on any atom is 0.188 e. The maximum atomic E-state index is 10.3. The van der Waals surface area contributed by atoms with Gasteiger partial charge in [-0.25, -0.2) is 0 Å². The van der Waals surface area contributed by atoms with E-state index < -0.39 is 5.60 Å². The Bertz CT molecular complexity index is 795. The van der Waals surface area contributed by atoms with E-state index in [0.29, 0.717) is 5.56 Å². The summed E-state index contributed by atoms with van der Waals surface area (Å²) in [5, 5.41) is 48.7. The lowest BCUT2D eigenvalue weighted by Gasteiger charge is -2.34. The van der Waals surface area contributed by atoms with Gasteiger partial charge in [-0.3, -0.25) is 0 Å². The summed E-state index contributed by atoms with van der Waals surface area (Å²) in [5.41, 5.74) is -0.695. The third-order valence-electron chi connectivity index (χ3n) is 3.72. The number of phenols is 4. The van der Waals surface area contributed by atoms with Gasteiger partial charge in [0, 0.05) is 17.7 Å². The number of phenolic OH excluding ortho intramolecular Hbond substituents is 4. The highest BCUT2D eigenvalue weighted by molar-refractivity contribution is 5.70. The molecule has 0 fully saturated rings. The van der Waals surface area contributed by atoms with Gasteiger partial charge >= 0.3 is 0 Å². The molecular formula is C16H14O6. The molecule has 0 saturated heterocycles. The number of rotatable bonds is 1. The largest absolute Gasteiger partial charge is 0.508 e. The second kappa shape index (κ2) is 4.49. The van der Waals surface area contributed by atoms with Gasteiger partial charge < -0.3 is 30.3 Å². The molecule has 1 atom stereocenters. The number of hydrogen-bond donors (Lipinski definition) is 5. The minimum Gasteiger partial charge on any atom is -0.508 e. The lowest BCUT2D eigenvalue weighted by Crippen LogP contribution is -2.34. The van der Waals surface area contributed by atoms with Crippen LogP contribution in [0.25, 0.3) is 6.08 Å². The molecule has 5 N–H and O–H groups in total. The van der Waals surface area contributed by atoms with Gasteiger partial charge in [-0.15, -0.1) is 0 Å². The minimum absolute atomic E-state index is 0.179. The predicted octanol–water partition coefficient (Wildman–Crippen LogP) is 2.72. The molecule has 0 radical (unpaired) electrons. The molecule has 0 aliphatic carbocycles. The van der Waals surface area contributed by atoms with Crippen LogP contribution in [0.1, 0.15) is 18.1 Å². The number of hydrogen-bond acceptors (Lipinski definition) is 6. The van der Waals surface area contributed by atoms with Crippen molar-refractivity contribution >= 4 is 6.08 Å². The van der Waals surface area contributed by atoms with Crippen molar-refractivity contribution in [2.24, 2.45) is 0 Å². The van der Waals surface area contributed by atoms with E-state index in [9.17, 15) is 25.5 Å². The molecule has 0 saturated carbocycles. The molecule has 0 amide bonds. The fraction of sp³-hybridized carbons (Fsp3) is 0.125. The minimum atomic E-state index is -1.33. The Kier molecular flexibility index (Phi) is 2.84. The Balaban J connectivity index is 2.15. The van der Waals surface area contributed by atoms with E-state index in [1.54, 1.807) is 6.92 Å². The van der Waals surface area contributed by atoms with Gasteiger partial charge in [-0.2, -0.15) is 0 Å². The fourth-order valence-corrected chi connectivity index (χ4v) is 2.40. The summed E-state index contributed by atoms with van der Waals surface area (Å²) >= 11 is 0. The van der Waals surface area contributed by atoms with Gasteiger partial charge in [0.05, 0.1) is 5.56 Å². The monoisotopic (exact) mass is 302 g/mol. The zero-order chi connectivity index (χ0) is 16.1. The normalized spacial score (nSPS) is 20.0. The summed E-state index contributed by atoms with van der Waals surface area (Å²) < 4.78 is 5.74. The van der Waals surface area contributed by atoms with Crippen LogP contribution in [0, 0.1) is 0 Å². The van der Waals surface area contributed by atoms with Gasteiger partial charge in [-0.1, -0.05) is 6.07 Å². The highest BCUT2D eigenvalue weighted by Crippen LogP contribution is 2.46. The van der Waals surface area contributed by atoms with Crippen molar-refractivity contribution < 1.29 is 30.3 Å². The SMILES string of the molecule is CC1(c2ccc(O)c(O)c2)Oc2cc(O)cc(O)c2C=C1O. The molecule has 0 bridgehead atoms. The zero-order valence-electron chi connectivity index (χ0n) is 11.6. The van der Waals surface area contributed by atoms with Gasteiger partial charge in [0.2, 0.25) is 0 Å². The molecule has 1 heterocycles. The Morgan fingerprint density at radius 1 is 0.864 bits per heavy atom. The highest BCUT2D eigenvalue weighted by Gasteiger charge is 2.39. The first kappa shape index (κ1) is 13.9. The first-order valence-electron chi connectivity index (χ1n) is 6.50. The van der Waals surface area contributed by atoms with E-state index in [0.717, 1.165) is 6.07 Å². The third kappa shape index (κ3) is 1.96. The molecule has 2 aromatic carbocycles. The molecule has 6 nitrogen and oxygen atoms in total. The van der Waals surface area contributed by atoms with Crippen molar-refractivity contribution in [2.75, 3.05) is 0 Å². The number of aliphatic hydroxyl groups excluding tert-OH is 1. The molecule has 1 aliphatic rings. The van der Waals surface area contributed by atoms with E-state index in [2.05, 4.69) is 0 Å². The van der Waals surface area contributed by atoms with E-state index in [4.69, 9.17) is 4.74 Å². The molecule has 3 rings (SSSR count). The second-order valence-corrected chi connectivity index (χ2v) is 5.25. The molecule has 114 valence electrons. The summed E-state index contributed by atoms with van der Waals surface area (Å²) in [6, 6.07) is 6.50. The van der Waals surface area contributed by atoms with Crippen molar-refractivity contribution in [3.63, 3.8) is 0 Å². The van der Waals surface area contributed by atoms with Crippen LogP contribution in [-0.2, 0) is 5.60 Å². The summed E-state index contributed by atoms with van der Waals surface area (Å²) in [6.45, 7) is 1.56. The highest BCUT2D eigenvalue weighted by atomic mass is 16.5. The maximum absolute atomic E-state index is 10.3. The van der Waals surface area contributed by atoms with E-state index >= 15 is 0 Å². The average molecular weight is 302 g/mol. The number of aromatic hydroxyl groups is 4. The number of ether oxygens (including phenoxy) is 1. The van der Waals surface area contributed by atoms with Gasteiger partial charge in [0.25, 0.3) is 0 Å². The lowest BCUT2D eigenvalue weighted by atomic mass is 9.89. The van der Waals surface area contributed by atoms with E-state index in [1.165, 1.54) is 30.3 Å². The van der Waals surface area contributed by atoms with Crippen LogP contribution in [0.3, 0.4) is 0 Å². The van der Waals surface area contributed by atoms with Crippen molar-refractivity contribution in [3.05, 3.63) is 47.2 Å². The van der Waals surface area contributed by atoms with Crippen molar-refractivity contribution in [2.45, 2.75) is 12.5 Å². The summed E-state index contributed by atoms with van der Waals surface area (Å²) in [4.78, 5) is 0. The van der Waals surface area contributed by atoms with Crippen LogP contribution in [0.4, 0.5) is 0 Å². The zero-order valence-corrected chi connectivity index (χ0v) is 11.6. The topological polar surface area (TPSA) is 110 Å². The molecule has 1 unspecified atom stereocenters. The summed E-state index contributed by atoms with van der Waals surface area (Å²) in [7, 11) is 0. The van der Waals surface area contributed by atoms with Gasteiger partial charge in [0.1, 0.15) is 23.0 Å². The molecule has 0 aromatic heterocycles. The van der Waals surface area contributed by atoms with Crippen LogP contribution in [0.15, 0.2) is 36.1 Å². The third-order valence-corrected chi connectivity index (χ3v) is 3.72. The predicted molar refractivity (Wildman–Crippen MR) is 78.1 cm³/mol. The molecule has 2 aromatic rings. The Morgan fingerprint density at radius 2 is 1.59 bits per heavy atom.